The SMILES string of the molecule is C[C@@H]1CN(C(=O)c2ccc3cc(Oc4ccc(C(F)(F)F)cn4)ccc3n2)CCN1C(=O)OC(C)(C)C. The van der Waals surface area contributed by atoms with Gasteiger partial charge in [-0.15, -0.1) is 0 Å². The summed E-state index contributed by atoms with van der Waals surface area (Å²) < 4.78 is 49.2. The minimum atomic E-state index is -4.47. The van der Waals surface area contributed by atoms with E-state index in [0.29, 0.717) is 42.5 Å². The maximum absolute atomic E-state index is 13.1. The molecule has 0 saturated carbocycles. The molecule has 1 fully saturated rings. The predicted octanol–water partition coefficient (Wildman–Crippen LogP) is 5.52. The molecule has 1 aliphatic heterocycles. The van der Waals surface area contributed by atoms with Gasteiger partial charge in [0, 0.05) is 43.3 Å². The van der Waals surface area contributed by atoms with E-state index in [-0.39, 0.29) is 23.5 Å². The van der Waals surface area contributed by atoms with Crippen molar-refractivity contribution in [2.45, 2.75) is 45.5 Å². The fraction of sp³-hybridized carbons (Fsp3) is 0.385. The molecule has 11 heteroatoms. The number of benzene rings is 1. The molecule has 0 bridgehead atoms. The van der Waals surface area contributed by atoms with E-state index < -0.39 is 23.4 Å². The van der Waals surface area contributed by atoms with Crippen LogP contribution < -0.4 is 4.74 Å². The normalized spacial score (nSPS) is 16.6. The Labute approximate surface area is 212 Å². The van der Waals surface area contributed by atoms with Crippen LogP contribution in [0.25, 0.3) is 10.9 Å². The average Bonchev–Trinajstić information content (AvgIpc) is 2.82. The van der Waals surface area contributed by atoms with Crippen LogP contribution in [0.1, 0.15) is 43.7 Å². The smallest absolute Gasteiger partial charge is 0.417 e. The lowest BCUT2D eigenvalue weighted by molar-refractivity contribution is -0.137. The Balaban J connectivity index is 1.42. The fourth-order valence-corrected chi connectivity index (χ4v) is 3.91. The summed E-state index contributed by atoms with van der Waals surface area (Å²) in [6.07, 6.45) is -4.16. The van der Waals surface area contributed by atoms with Gasteiger partial charge in [-0.2, -0.15) is 13.2 Å². The van der Waals surface area contributed by atoms with Gasteiger partial charge in [-0.25, -0.2) is 14.8 Å². The van der Waals surface area contributed by atoms with Gasteiger partial charge < -0.3 is 19.3 Å². The second kappa shape index (κ2) is 9.87. The van der Waals surface area contributed by atoms with Gasteiger partial charge in [-0.1, -0.05) is 6.07 Å². The molecule has 2 aromatic heterocycles. The first-order chi connectivity index (χ1) is 17.3. The number of hydrogen-bond donors (Lipinski definition) is 0. The summed E-state index contributed by atoms with van der Waals surface area (Å²) in [6, 6.07) is 10.1. The van der Waals surface area contributed by atoms with Crippen LogP contribution >= 0.6 is 0 Å². The Morgan fingerprint density at radius 1 is 1.03 bits per heavy atom. The summed E-state index contributed by atoms with van der Waals surface area (Å²) in [6.45, 7) is 8.35. The van der Waals surface area contributed by atoms with Crippen molar-refractivity contribution in [2.75, 3.05) is 19.6 Å². The molecule has 196 valence electrons. The zero-order chi connectivity index (χ0) is 27.0. The van der Waals surface area contributed by atoms with Crippen LogP contribution in [-0.4, -0.2) is 63.0 Å². The molecule has 1 aromatic carbocycles. The van der Waals surface area contributed by atoms with Gasteiger partial charge in [0.1, 0.15) is 17.0 Å². The van der Waals surface area contributed by atoms with Crippen LogP contribution in [0.2, 0.25) is 0 Å². The number of hydrogen-bond acceptors (Lipinski definition) is 6. The van der Waals surface area contributed by atoms with Crippen LogP contribution in [0.3, 0.4) is 0 Å². The number of pyridine rings is 2. The highest BCUT2D eigenvalue weighted by Gasteiger charge is 2.33. The predicted molar refractivity (Wildman–Crippen MR) is 129 cm³/mol. The number of ether oxygens (including phenoxy) is 2. The van der Waals surface area contributed by atoms with Gasteiger partial charge in [0.25, 0.3) is 5.91 Å². The molecule has 0 aliphatic carbocycles. The minimum absolute atomic E-state index is 0.0201. The van der Waals surface area contributed by atoms with Crippen molar-refractivity contribution in [1.29, 1.82) is 0 Å². The third-order valence-electron chi connectivity index (χ3n) is 5.71. The summed E-state index contributed by atoms with van der Waals surface area (Å²) in [5.41, 5.74) is -0.638. The van der Waals surface area contributed by atoms with Gasteiger partial charge in [-0.3, -0.25) is 4.79 Å². The molecule has 1 saturated heterocycles. The van der Waals surface area contributed by atoms with Crippen molar-refractivity contribution in [3.05, 3.63) is 59.9 Å². The van der Waals surface area contributed by atoms with Crippen LogP contribution in [0.5, 0.6) is 11.6 Å². The zero-order valence-electron chi connectivity index (χ0n) is 20.9. The number of nitrogens with zero attached hydrogens (tertiary/aromatic N) is 4. The van der Waals surface area contributed by atoms with E-state index in [0.717, 1.165) is 12.1 Å². The number of piperazine rings is 1. The molecule has 8 nitrogen and oxygen atoms in total. The van der Waals surface area contributed by atoms with E-state index >= 15 is 0 Å². The fourth-order valence-electron chi connectivity index (χ4n) is 3.91. The van der Waals surface area contributed by atoms with Crippen LogP contribution in [0.15, 0.2) is 48.7 Å². The second-order valence-electron chi connectivity index (χ2n) is 9.81. The number of halogens is 3. The first kappa shape index (κ1) is 26.2. The quantitative estimate of drug-likeness (QED) is 0.456. The third kappa shape index (κ3) is 6.28. The summed E-state index contributed by atoms with van der Waals surface area (Å²) in [4.78, 5) is 37.0. The topological polar surface area (TPSA) is 84.9 Å². The van der Waals surface area contributed by atoms with Gasteiger partial charge in [0.05, 0.1) is 11.1 Å². The summed E-state index contributed by atoms with van der Waals surface area (Å²) in [7, 11) is 0. The molecule has 4 rings (SSSR count). The monoisotopic (exact) mass is 516 g/mol. The highest BCUT2D eigenvalue weighted by atomic mass is 19.4. The summed E-state index contributed by atoms with van der Waals surface area (Å²) >= 11 is 0. The Bertz CT molecular complexity index is 1310. The Hall–Kier alpha value is -3.89. The first-order valence-corrected chi connectivity index (χ1v) is 11.7. The molecular weight excluding hydrogens is 489 g/mol. The number of carbonyl (C=O) groups excluding carboxylic acids is 2. The number of fused-ring (bicyclic) bond motifs is 1. The molecule has 0 unspecified atom stereocenters. The van der Waals surface area contributed by atoms with E-state index in [4.69, 9.17) is 9.47 Å². The highest BCUT2D eigenvalue weighted by Crippen LogP contribution is 2.30. The molecule has 37 heavy (non-hydrogen) atoms. The summed E-state index contributed by atoms with van der Waals surface area (Å²) in [5.74, 6) is 0.145. The number of carbonyl (C=O) groups is 2. The van der Waals surface area contributed by atoms with E-state index in [2.05, 4.69) is 9.97 Å². The van der Waals surface area contributed by atoms with Crippen LogP contribution in [0.4, 0.5) is 18.0 Å². The van der Waals surface area contributed by atoms with E-state index in [1.54, 1.807) is 60.9 Å². The lowest BCUT2D eigenvalue weighted by atomic mass is 10.1. The molecule has 1 aliphatic rings. The van der Waals surface area contributed by atoms with Gasteiger partial charge in [0.15, 0.2) is 0 Å². The van der Waals surface area contributed by atoms with Gasteiger partial charge >= 0.3 is 12.3 Å². The zero-order valence-corrected chi connectivity index (χ0v) is 20.9. The van der Waals surface area contributed by atoms with Gasteiger partial charge in [-0.05, 0) is 58.0 Å². The van der Waals surface area contributed by atoms with Crippen molar-refractivity contribution in [1.82, 2.24) is 19.8 Å². The van der Waals surface area contributed by atoms with Crippen molar-refractivity contribution in [2.24, 2.45) is 0 Å². The maximum atomic E-state index is 13.1. The highest BCUT2D eigenvalue weighted by molar-refractivity contribution is 5.95. The molecule has 0 spiro atoms. The molecular formula is C26H27F3N4O4. The number of amides is 2. The van der Waals surface area contributed by atoms with Crippen molar-refractivity contribution in [3.63, 3.8) is 0 Å². The number of aromatic nitrogens is 2. The Kier molecular flexibility index (Phi) is 6.98. The summed E-state index contributed by atoms with van der Waals surface area (Å²) in [5, 5.41) is 0.684. The second-order valence-corrected chi connectivity index (χ2v) is 9.81. The van der Waals surface area contributed by atoms with Crippen molar-refractivity contribution >= 4 is 22.9 Å². The average molecular weight is 517 g/mol. The molecule has 0 radical (unpaired) electrons. The lowest BCUT2D eigenvalue weighted by Crippen LogP contribution is -2.56. The largest absolute Gasteiger partial charge is 0.444 e. The Morgan fingerprint density at radius 2 is 1.78 bits per heavy atom. The Morgan fingerprint density at radius 3 is 2.41 bits per heavy atom. The van der Waals surface area contributed by atoms with E-state index in [1.807, 2.05) is 6.92 Å². The van der Waals surface area contributed by atoms with E-state index in [9.17, 15) is 22.8 Å². The number of alkyl halides is 3. The van der Waals surface area contributed by atoms with Crippen molar-refractivity contribution in [3.8, 4) is 11.6 Å². The van der Waals surface area contributed by atoms with Crippen LogP contribution in [-0.2, 0) is 10.9 Å². The van der Waals surface area contributed by atoms with E-state index in [1.165, 1.54) is 0 Å². The maximum Gasteiger partial charge on any atom is 0.417 e. The van der Waals surface area contributed by atoms with Crippen LogP contribution in [0, 0.1) is 0 Å². The molecule has 1 atom stereocenters. The molecule has 0 N–H and O–H groups in total. The molecule has 3 heterocycles. The van der Waals surface area contributed by atoms with Gasteiger partial charge in [0.2, 0.25) is 5.88 Å². The first-order valence-electron chi connectivity index (χ1n) is 11.7. The molecule has 2 amide bonds. The number of rotatable bonds is 3. The minimum Gasteiger partial charge on any atom is -0.444 e. The standard InChI is InChI=1S/C26H27F3N4O4/c1-16-15-32(11-12-33(16)24(35)37-25(2,3)4)23(34)21-8-5-17-13-19(7-9-20(17)31-21)36-22-10-6-18(14-30-22)26(27,28)29/h5-10,13-14,16H,11-12,15H2,1-4H3/t16-/m1/s1. The lowest BCUT2D eigenvalue weighted by Gasteiger charge is -2.40. The third-order valence-corrected chi connectivity index (χ3v) is 5.71. The van der Waals surface area contributed by atoms with Crippen molar-refractivity contribution < 1.29 is 32.2 Å². The molecule has 3 aromatic rings.